The number of hydrogen-bond acceptors (Lipinski definition) is 4. The molecule has 0 aromatic heterocycles. The molecule has 6 heteroatoms. The van der Waals surface area contributed by atoms with E-state index in [0.717, 1.165) is 0 Å². The number of rotatable bonds is 0. The van der Waals surface area contributed by atoms with Crippen LogP contribution in [0.4, 0.5) is 0 Å². The van der Waals surface area contributed by atoms with Gasteiger partial charge in [-0.2, -0.15) is 0 Å². The van der Waals surface area contributed by atoms with E-state index in [0.29, 0.717) is 0 Å². The van der Waals surface area contributed by atoms with Crippen molar-refractivity contribution in [2.75, 3.05) is 0 Å². The van der Waals surface area contributed by atoms with E-state index >= 15 is 0 Å². The molecule has 0 aliphatic heterocycles. The minimum atomic E-state index is -2.62. The van der Waals surface area contributed by atoms with Gasteiger partial charge in [0.25, 0.3) is 0 Å². The first-order chi connectivity index (χ1) is 2.73. The standard InChI is InChI=1S/H3O3P.H3OP/c1-4(2)3;1-2/h1-3H;1H,2H2. The Morgan fingerprint density at radius 2 is 1.00 bits per heavy atom. The van der Waals surface area contributed by atoms with Crippen molar-refractivity contribution >= 4 is 18.1 Å². The topological polar surface area (TPSA) is 80.9 Å². The highest BCUT2D eigenvalue weighted by Gasteiger charge is 1.76. The second-order valence-corrected chi connectivity index (χ2v) is 0.805. The molecule has 0 saturated carbocycles. The molecule has 40 valence electrons. The summed E-state index contributed by atoms with van der Waals surface area (Å²) in [5.41, 5.74) is 0. The SMILES string of the molecule is OP.OP(O)O. The third-order valence-electron chi connectivity index (χ3n) is 0. The molecule has 4 nitrogen and oxygen atoms in total. The second kappa shape index (κ2) is 9.20. The van der Waals surface area contributed by atoms with Gasteiger partial charge in [-0.3, -0.25) is 0 Å². The maximum atomic E-state index is 7.23. The van der Waals surface area contributed by atoms with Crippen LogP contribution < -0.4 is 0 Å². The van der Waals surface area contributed by atoms with E-state index in [1.54, 1.807) is 0 Å². The molecule has 0 aliphatic carbocycles. The Kier molecular flexibility index (Phi) is 15.1. The zero-order valence-corrected chi connectivity index (χ0v) is 4.86. The highest BCUT2D eigenvalue weighted by molar-refractivity contribution is 7.38. The lowest BCUT2D eigenvalue weighted by Gasteiger charge is -1.76. The molecule has 0 spiro atoms. The van der Waals surface area contributed by atoms with Crippen LogP contribution in [0, 0.1) is 0 Å². The van der Waals surface area contributed by atoms with E-state index in [1.807, 2.05) is 0 Å². The third-order valence-corrected chi connectivity index (χ3v) is 0. The molecule has 4 N–H and O–H groups in total. The first kappa shape index (κ1) is 9.85. The summed E-state index contributed by atoms with van der Waals surface area (Å²) in [6.45, 7) is 0. The molecule has 6 heavy (non-hydrogen) atoms. The van der Waals surface area contributed by atoms with Crippen molar-refractivity contribution in [1.82, 2.24) is 0 Å². The molecule has 0 aromatic rings. The van der Waals surface area contributed by atoms with Crippen molar-refractivity contribution in [3.05, 3.63) is 0 Å². The van der Waals surface area contributed by atoms with Gasteiger partial charge in [-0.05, 0) is 9.47 Å². The van der Waals surface area contributed by atoms with Crippen LogP contribution in [0.1, 0.15) is 0 Å². The average molecular weight is 132 g/mol. The normalized spacial score (nSPS) is 7.00. The van der Waals surface area contributed by atoms with E-state index in [9.17, 15) is 0 Å². The first-order valence-corrected chi connectivity index (χ1v) is 2.57. The summed E-state index contributed by atoms with van der Waals surface area (Å²) in [4.78, 5) is 28.6. The van der Waals surface area contributed by atoms with Gasteiger partial charge in [0.2, 0.25) is 0 Å². The van der Waals surface area contributed by atoms with Crippen molar-refractivity contribution in [3.63, 3.8) is 0 Å². The zero-order valence-electron chi connectivity index (χ0n) is 2.81. The molecule has 1 unspecified atom stereocenters. The fourth-order valence-corrected chi connectivity index (χ4v) is 0. The lowest BCUT2D eigenvalue weighted by Crippen LogP contribution is -1.54. The largest absolute Gasteiger partial charge is 0.380 e. The Balaban J connectivity index is 0. The van der Waals surface area contributed by atoms with Crippen LogP contribution in [-0.2, 0) is 0 Å². The molecule has 0 heterocycles. The molecule has 0 saturated heterocycles. The van der Waals surface area contributed by atoms with Crippen molar-refractivity contribution < 1.29 is 19.6 Å². The van der Waals surface area contributed by atoms with Crippen LogP contribution in [0.15, 0.2) is 0 Å². The van der Waals surface area contributed by atoms with E-state index in [4.69, 9.17) is 19.6 Å². The average Bonchev–Trinajstić information content (AvgIpc) is 1.41. The van der Waals surface area contributed by atoms with Gasteiger partial charge in [-0.25, -0.2) is 0 Å². The van der Waals surface area contributed by atoms with Gasteiger partial charge in [-0.1, -0.05) is 0 Å². The zero-order chi connectivity index (χ0) is 5.58. The van der Waals surface area contributed by atoms with Gasteiger partial charge >= 0.3 is 8.60 Å². The highest BCUT2D eigenvalue weighted by Crippen LogP contribution is 2.11. The molecule has 0 radical (unpaired) electrons. The summed E-state index contributed by atoms with van der Waals surface area (Å²) in [7, 11) is -1.20. The summed E-state index contributed by atoms with van der Waals surface area (Å²) in [6, 6.07) is 0. The summed E-state index contributed by atoms with van der Waals surface area (Å²) in [5.74, 6) is 0. The molecule has 0 aliphatic rings. The van der Waals surface area contributed by atoms with E-state index in [2.05, 4.69) is 0 Å². The molecular weight excluding hydrogens is 126 g/mol. The molecule has 0 aromatic carbocycles. The lowest BCUT2D eigenvalue weighted by molar-refractivity contribution is 0.368. The van der Waals surface area contributed by atoms with Gasteiger partial charge in [0.05, 0.1) is 0 Å². The molecule has 0 fully saturated rings. The van der Waals surface area contributed by atoms with E-state index < -0.39 is 8.60 Å². The van der Waals surface area contributed by atoms with Crippen molar-refractivity contribution in [2.45, 2.75) is 0 Å². The molecule has 0 amide bonds. The summed E-state index contributed by atoms with van der Waals surface area (Å²) in [5, 5.41) is 0. The fourth-order valence-electron chi connectivity index (χ4n) is 0. The maximum Gasteiger partial charge on any atom is 0.324 e. The fraction of sp³-hybridized carbons (Fsp3) is 0. The Hall–Kier alpha value is 0.700. The van der Waals surface area contributed by atoms with E-state index in [1.165, 1.54) is 9.47 Å². The van der Waals surface area contributed by atoms with Crippen molar-refractivity contribution in [3.8, 4) is 0 Å². The van der Waals surface area contributed by atoms with Crippen molar-refractivity contribution in [2.24, 2.45) is 0 Å². The highest BCUT2D eigenvalue weighted by atomic mass is 31.2. The number of hydrogen-bond donors (Lipinski definition) is 4. The Morgan fingerprint density at radius 3 is 1.00 bits per heavy atom. The summed E-state index contributed by atoms with van der Waals surface area (Å²) < 4.78 is 0. The van der Waals surface area contributed by atoms with Gasteiger partial charge < -0.3 is 19.6 Å². The predicted molar refractivity (Wildman–Crippen MR) is 25.5 cm³/mol. The van der Waals surface area contributed by atoms with Crippen LogP contribution >= 0.6 is 18.1 Å². The molecule has 0 bridgehead atoms. The van der Waals surface area contributed by atoms with Crippen molar-refractivity contribution in [1.29, 1.82) is 0 Å². The van der Waals surface area contributed by atoms with Crippen LogP contribution in [0.2, 0.25) is 0 Å². The third kappa shape index (κ3) is 131. The minimum absolute atomic E-state index is 1.42. The summed E-state index contributed by atoms with van der Waals surface area (Å²) >= 11 is 0. The molecule has 1 atom stereocenters. The maximum absolute atomic E-state index is 7.23. The van der Waals surface area contributed by atoms with Gasteiger partial charge in [-0.15, -0.1) is 0 Å². The molecular formula is H6O4P2. The van der Waals surface area contributed by atoms with Crippen LogP contribution in [0.3, 0.4) is 0 Å². The monoisotopic (exact) mass is 132 g/mol. The van der Waals surface area contributed by atoms with E-state index in [-0.39, 0.29) is 0 Å². The molecule has 0 rings (SSSR count). The van der Waals surface area contributed by atoms with Crippen LogP contribution in [-0.4, -0.2) is 19.6 Å². The Bertz CT molecular complexity index is 10.3. The smallest absolute Gasteiger partial charge is 0.324 e. The Morgan fingerprint density at radius 1 is 1.00 bits per heavy atom. The second-order valence-electron chi connectivity index (χ2n) is 0.268. The predicted octanol–water partition coefficient (Wildman–Crippen LogP) is -1.04. The lowest BCUT2D eigenvalue weighted by atomic mass is 15.8. The summed E-state index contributed by atoms with van der Waals surface area (Å²) in [6.07, 6.45) is 0. The van der Waals surface area contributed by atoms with Crippen LogP contribution in [0.25, 0.3) is 0 Å². The van der Waals surface area contributed by atoms with Gasteiger partial charge in [0, 0.05) is 0 Å². The van der Waals surface area contributed by atoms with Gasteiger partial charge in [0.15, 0.2) is 0 Å². The first-order valence-electron chi connectivity index (χ1n) is 0.858. The Labute approximate surface area is 38.7 Å². The quantitative estimate of drug-likeness (QED) is 0.317. The van der Waals surface area contributed by atoms with Gasteiger partial charge in [0.1, 0.15) is 0 Å². The van der Waals surface area contributed by atoms with Crippen LogP contribution in [0.5, 0.6) is 0 Å². The minimum Gasteiger partial charge on any atom is -0.380 e.